The summed E-state index contributed by atoms with van der Waals surface area (Å²) >= 11 is 0. The molecule has 134 valence electrons. The second-order valence-corrected chi connectivity index (χ2v) is 6.74. The third-order valence-corrected chi connectivity index (χ3v) is 3.32. The number of nitrogens with zero attached hydrogens (tertiary/aromatic N) is 2. The molecule has 0 saturated carbocycles. The smallest absolute Gasteiger partial charge is 0.339 e. The lowest BCUT2D eigenvalue weighted by Gasteiger charge is -2.19. The highest BCUT2D eigenvalue weighted by Crippen LogP contribution is 2.14. The van der Waals surface area contributed by atoms with E-state index in [0.29, 0.717) is 12.2 Å². The van der Waals surface area contributed by atoms with Crippen molar-refractivity contribution >= 4 is 11.9 Å². The molecule has 0 radical (unpaired) electrons. The number of hydrogen-bond acceptors (Lipinski definition) is 5. The molecule has 0 aliphatic heterocycles. The predicted molar refractivity (Wildman–Crippen MR) is 92.8 cm³/mol. The van der Waals surface area contributed by atoms with E-state index in [1.807, 2.05) is 45.0 Å². The molecular weight excluding hydrogens is 322 g/mol. The molecule has 2 N–H and O–H groups in total. The quantitative estimate of drug-likeness (QED) is 0.781. The minimum atomic E-state index is -1.00. The molecule has 0 atom stereocenters. The van der Waals surface area contributed by atoms with Crippen molar-refractivity contribution in [2.45, 2.75) is 39.8 Å². The number of aryl methyl sites for hydroxylation is 1. The first-order chi connectivity index (χ1) is 11.7. The summed E-state index contributed by atoms with van der Waals surface area (Å²) in [5.41, 5.74) is 1.84. The van der Waals surface area contributed by atoms with E-state index in [4.69, 9.17) is 9.84 Å². The molecule has 0 bridgehead atoms. The van der Waals surface area contributed by atoms with Crippen LogP contribution in [0.4, 0.5) is 0 Å². The number of carboxylic acids is 1. The highest BCUT2D eigenvalue weighted by atomic mass is 16.6. The minimum absolute atomic E-state index is 0.117. The fourth-order valence-electron chi connectivity index (χ4n) is 2.30. The van der Waals surface area contributed by atoms with Crippen molar-refractivity contribution in [3.63, 3.8) is 0 Å². The maximum absolute atomic E-state index is 11.7. The molecule has 0 spiro atoms. The van der Waals surface area contributed by atoms with Gasteiger partial charge in [-0.05, 0) is 45.4 Å². The SMILES string of the molecule is Cc1nn(-c2cccc(CNCC(=O)OC(C)(C)C)c2)cc1C(=O)O. The average molecular weight is 345 g/mol. The lowest BCUT2D eigenvalue weighted by atomic mass is 10.2. The number of hydrogen-bond donors (Lipinski definition) is 2. The van der Waals surface area contributed by atoms with Gasteiger partial charge in [-0.3, -0.25) is 4.79 Å². The molecular formula is C18H23N3O4. The second-order valence-electron chi connectivity index (χ2n) is 6.74. The lowest BCUT2D eigenvalue weighted by molar-refractivity contribution is -0.153. The molecule has 0 unspecified atom stereocenters. The van der Waals surface area contributed by atoms with Crippen LogP contribution in [0.15, 0.2) is 30.5 Å². The van der Waals surface area contributed by atoms with Crippen molar-refractivity contribution in [1.29, 1.82) is 0 Å². The molecule has 2 rings (SSSR count). The minimum Gasteiger partial charge on any atom is -0.478 e. The molecule has 7 heteroatoms. The molecule has 0 aliphatic carbocycles. The molecule has 0 amide bonds. The Morgan fingerprint density at radius 1 is 1.32 bits per heavy atom. The number of carboxylic acid groups (broad SMARTS) is 1. The Morgan fingerprint density at radius 3 is 2.64 bits per heavy atom. The van der Waals surface area contributed by atoms with Gasteiger partial charge >= 0.3 is 11.9 Å². The average Bonchev–Trinajstić information content (AvgIpc) is 2.88. The number of carbonyl (C=O) groups excluding carboxylic acids is 1. The van der Waals surface area contributed by atoms with Crippen LogP contribution in [0, 0.1) is 6.92 Å². The summed E-state index contributed by atoms with van der Waals surface area (Å²) in [6, 6.07) is 7.51. The van der Waals surface area contributed by atoms with E-state index in [1.54, 1.807) is 6.92 Å². The first-order valence-electron chi connectivity index (χ1n) is 7.97. The van der Waals surface area contributed by atoms with Gasteiger partial charge in [0, 0.05) is 12.7 Å². The Kier molecular flexibility index (Phi) is 5.58. The molecule has 0 saturated heterocycles. The van der Waals surface area contributed by atoms with Crippen molar-refractivity contribution in [2.75, 3.05) is 6.54 Å². The summed E-state index contributed by atoms with van der Waals surface area (Å²) in [5, 5.41) is 16.4. The van der Waals surface area contributed by atoms with Crippen LogP contribution in [0.25, 0.3) is 5.69 Å². The standard InChI is InChI=1S/C18H23N3O4/c1-12-15(17(23)24)11-21(20-12)14-7-5-6-13(8-14)9-19-10-16(22)25-18(2,3)4/h5-8,11,19H,9-10H2,1-4H3,(H,23,24). The number of benzene rings is 1. The largest absolute Gasteiger partial charge is 0.478 e. The Bertz CT molecular complexity index is 775. The van der Waals surface area contributed by atoms with E-state index in [9.17, 15) is 9.59 Å². The van der Waals surface area contributed by atoms with E-state index in [2.05, 4.69) is 10.4 Å². The molecule has 0 aliphatic rings. The highest BCUT2D eigenvalue weighted by molar-refractivity contribution is 5.88. The normalized spacial score (nSPS) is 11.4. The molecule has 25 heavy (non-hydrogen) atoms. The van der Waals surface area contributed by atoms with Crippen LogP contribution in [0.2, 0.25) is 0 Å². The summed E-state index contributed by atoms with van der Waals surface area (Å²) in [5.74, 6) is -1.31. The second kappa shape index (κ2) is 7.48. The Labute approximate surface area is 146 Å². The van der Waals surface area contributed by atoms with Crippen LogP contribution < -0.4 is 5.32 Å². The summed E-state index contributed by atoms with van der Waals surface area (Å²) in [6.07, 6.45) is 1.49. The van der Waals surface area contributed by atoms with Crippen molar-refractivity contribution < 1.29 is 19.4 Å². The van der Waals surface area contributed by atoms with Gasteiger partial charge in [-0.15, -0.1) is 0 Å². The van der Waals surface area contributed by atoms with Gasteiger partial charge in [-0.2, -0.15) is 5.10 Å². The summed E-state index contributed by atoms with van der Waals surface area (Å²) < 4.78 is 6.77. The first-order valence-corrected chi connectivity index (χ1v) is 7.97. The van der Waals surface area contributed by atoms with Crippen LogP contribution in [0.3, 0.4) is 0 Å². The van der Waals surface area contributed by atoms with Gasteiger partial charge < -0.3 is 15.2 Å². The van der Waals surface area contributed by atoms with Crippen LogP contribution in [-0.4, -0.2) is 39.0 Å². The molecule has 2 aromatic rings. The lowest BCUT2D eigenvalue weighted by Crippen LogP contribution is -2.31. The zero-order chi connectivity index (χ0) is 18.6. The third kappa shape index (κ3) is 5.42. The van der Waals surface area contributed by atoms with E-state index in [1.165, 1.54) is 10.9 Å². The van der Waals surface area contributed by atoms with Gasteiger partial charge in [0.2, 0.25) is 0 Å². The predicted octanol–water partition coefficient (Wildman–Crippen LogP) is 2.31. The van der Waals surface area contributed by atoms with Crippen molar-refractivity contribution in [3.05, 3.63) is 47.3 Å². The topological polar surface area (TPSA) is 93.5 Å². The molecule has 1 aromatic heterocycles. The zero-order valence-electron chi connectivity index (χ0n) is 14.9. The summed E-state index contributed by atoms with van der Waals surface area (Å²) in [4.78, 5) is 22.8. The maximum Gasteiger partial charge on any atom is 0.339 e. The third-order valence-electron chi connectivity index (χ3n) is 3.32. The van der Waals surface area contributed by atoms with Crippen LogP contribution in [0.5, 0.6) is 0 Å². The van der Waals surface area contributed by atoms with Gasteiger partial charge in [0.15, 0.2) is 0 Å². The van der Waals surface area contributed by atoms with Crippen molar-refractivity contribution in [3.8, 4) is 5.69 Å². The molecule has 1 aromatic carbocycles. The molecule has 1 heterocycles. The number of esters is 1. The summed E-state index contributed by atoms with van der Waals surface area (Å²) in [6.45, 7) is 7.74. The van der Waals surface area contributed by atoms with E-state index < -0.39 is 11.6 Å². The van der Waals surface area contributed by atoms with Crippen molar-refractivity contribution in [1.82, 2.24) is 15.1 Å². The fourth-order valence-corrected chi connectivity index (χ4v) is 2.30. The highest BCUT2D eigenvalue weighted by Gasteiger charge is 2.16. The van der Waals surface area contributed by atoms with Gasteiger partial charge in [0.1, 0.15) is 11.2 Å². The number of aromatic carboxylic acids is 1. The van der Waals surface area contributed by atoms with Crippen molar-refractivity contribution in [2.24, 2.45) is 0 Å². The van der Waals surface area contributed by atoms with E-state index in [0.717, 1.165) is 11.3 Å². The Balaban J connectivity index is 2.01. The maximum atomic E-state index is 11.7. The van der Waals surface area contributed by atoms with Crippen LogP contribution in [-0.2, 0) is 16.1 Å². The summed E-state index contributed by atoms with van der Waals surface area (Å²) in [7, 11) is 0. The number of rotatable bonds is 6. The van der Waals surface area contributed by atoms with Gasteiger partial charge in [-0.1, -0.05) is 12.1 Å². The van der Waals surface area contributed by atoms with E-state index >= 15 is 0 Å². The monoisotopic (exact) mass is 345 g/mol. The number of ether oxygens (including phenoxy) is 1. The Morgan fingerprint density at radius 2 is 2.04 bits per heavy atom. The first kappa shape index (κ1) is 18.7. The van der Waals surface area contributed by atoms with Crippen LogP contribution in [0.1, 0.15) is 42.4 Å². The zero-order valence-corrected chi connectivity index (χ0v) is 14.9. The van der Waals surface area contributed by atoms with Gasteiger partial charge in [0.05, 0.1) is 17.9 Å². The molecule has 7 nitrogen and oxygen atoms in total. The van der Waals surface area contributed by atoms with Gasteiger partial charge in [-0.25, -0.2) is 9.48 Å². The molecule has 0 fully saturated rings. The van der Waals surface area contributed by atoms with Gasteiger partial charge in [0.25, 0.3) is 0 Å². The van der Waals surface area contributed by atoms with E-state index in [-0.39, 0.29) is 18.1 Å². The Hall–Kier alpha value is -2.67. The van der Waals surface area contributed by atoms with Crippen LogP contribution >= 0.6 is 0 Å². The number of aromatic nitrogens is 2. The number of nitrogens with one attached hydrogen (secondary N) is 1. The fraction of sp³-hybridized carbons (Fsp3) is 0.389. The number of carbonyl (C=O) groups is 2.